The monoisotopic (exact) mass is 678 g/mol. The van der Waals surface area contributed by atoms with Crippen LogP contribution in [0.4, 0.5) is 0 Å². The minimum atomic E-state index is -1.80. The predicted molar refractivity (Wildman–Crippen MR) is 136 cm³/mol. The van der Waals surface area contributed by atoms with E-state index >= 15 is 0 Å². The molecule has 0 bridgehead atoms. The molecule has 21 heteroatoms. The third kappa shape index (κ3) is 7.50. The van der Waals surface area contributed by atoms with Crippen molar-refractivity contribution in [3.05, 3.63) is 0 Å². The number of hydrogen-bond donors (Lipinski definition) is 12. The molecule has 0 aromatic rings. The van der Waals surface area contributed by atoms with Crippen molar-refractivity contribution in [2.45, 2.75) is 123 Å². The Kier molecular flexibility index (Phi) is 12.2. The third-order valence-corrected chi connectivity index (χ3v) is 8.44. The molecule has 21 nitrogen and oxygen atoms in total. The zero-order valence-corrected chi connectivity index (χ0v) is 24.1. The molecule has 5 heterocycles. The van der Waals surface area contributed by atoms with Crippen LogP contribution < -0.4 is 0 Å². The summed E-state index contributed by atoms with van der Waals surface area (Å²) < 4.78 is 48.8. The van der Waals surface area contributed by atoms with Gasteiger partial charge in [0.15, 0.2) is 31.5 Å². The Bertz CT molecular complexity index is 965. The molecule has 0 spiro atoms. The van der Waals surface area contributed by atoms with Crippen molar-refractivity contribution in [1.29, 1.82) is 0 Å². The molecule has 0 saturated carbocycles. The van der Waals surface area contributed by atoms with Crippen LogP contribution in [0.5, 0.6) is 0 Å². The summed E-state index contributed by atoms with van der Waals surface area (Å²) in [5, 5.41) is 122. The molecule has 0 aromatic carbocycles. The second-order valence-electron chi connectivity index (χ2n) is 11.7. The normalized spacial score (nSPS) is 53.7. The van der Waals surface area contributed by atoms with Crippen LogP contribution in [-0.4, -0.2) is 217 Å². The molecule has 5 saturated heterocycles. The van der Waals surface area contributed by atoms with Crippen LogP contribution in [-0.2, 0) is 42.6 Å². The molecule has 5 aliphatic heterocycles. The summed E-state index contributed by atoms with van der Waals surface area (Å²) in [6.07, 6.45) is -31.2. The molecule has 0 radical (unpaired) electrons. The van der Waals surface area contributed by atoms with Gasteiger partial charge in [-0.1, -0.05) is 0 Å². The summed E-state index contributed by atoms with van der Waals surface area (Å²) >= 11 is 0. The SMILES string of the molecule is OC[C@@H]1O[C@@H](O[C@H]2[C@H](O)COC(O[C@@H]3CO[C@@H](O[C@@H]4COC(O)[C@H](O)[C@H]4O)[C@H](O)[C@H]3O)[C@@H]2O)[C@H](O[C@@H]2OC[C@@H](O)[C@H](O)[C@H]2O)[C@H]1O. The second-order valence-corrected chi connectivity index (χ2v) is 11.7. The van der Waals surface area contributed by atoms with Crippen molar-refractivity contribution in [3.63, 3.8) is 0 Å². The quantitative estimate of drug-likeness (QED) is 0.108. The summed E-state index contributed by atoms with van der Waals surface area (Å²) in [7, 11) is 0. The lowest BCUT2D eigenvalue weighted by Crippen LogP contribution is -2.62. The molecule has 5 rings (SSSR count). The van der Waals surface area contributed by atoms with E-state index < -0.39 is 149 Å². The maximum atomic E-state index is 11.0. The molecule has 20 atom stereocenters. The van der Waals surface area contributed by atoms with Crippen molar-refractivity contribution in [3.8, 4) is 0 Å². The first kappa shape index (κ1) is 36.4. The predicted octanol–water partition coefficient (Wildman–Crippen LogP) is -8.73. The molecule has 2 unspecified atom stereocenters. The first-order chi connectivity index (χ1) is 21.8. The van der Waals surface area contributed by atoms with Gasteiger partial charge in [-0.05, 0) is 0 Å². The Morgan fingerprint density at radius 3 is 1.59 bits per heavy atom. The van der Waals surface area contributed by atoms with Crippen LogP contribution in [0.2, 0.25) is 0 Å². The van der Waals surface area contributed by atoms with Gasteiger partial charge in [0.1, 0.15) is 91.6 Å². The Balaban J connectivity index is 1.19. The molecular formula is C25H42O21. The van der Waals surface area contributed by atoms with E-state index in [9.17, 15) is 61.3 Å². The Hall–Kier alpha value is -0.840. The highest BCUT2D eigenvalue weighted by Crippen LogP contribution is 2.33. The summed E-state index contributed by atoms with van der Waals surface area (Å²) in [5.74, 6) is 0. The molecule has 268 valence electrons. The van der Waals surface area contributed by atoms with Crippen LogP contribution in [0, 0.1) is 0 Å². The third-order valence-electron chi connectivity index (χ3n) is 8.44. The van der Waals surface area contributed by atoms with E-state index in [-0.39, 0.29) is 6.61 Å². The van der Waals surface area contributed by atoms with Crippen molar-refractivity contribution >= 4 is 0 Å². The number of hydrogen-bond acceptors (Lipinski definition) is 21. The van der Waals surface area contributed by atoms with Crippen LogP contribution in [0.25, 0.3) is 0 Å². The van der Waals surface area contributed by atoms with E-state index in [1.54, 1.807) is 0 Å². The van der Waals surface area contributed by atoms with Gasteiger partial charge in [0, 0.05) is 0 Å². The fraction of sp³-hybridized carbons (Fsp3) is 1.00. The fourth-order valence-electron chi connectivity index (χ4n) is 5.63. The zero-order chi connectivity index (χ0) is 33.4. The van der Waals surface area contributed by atoms with E-state index in [1.807, 2.05) is 0 Å². The molecule has 0 aromatic heterocycles. The summed E-state index contributed by atoms with van der Waals surface area (Å²) in [4.78, 5) is 0. The van der Waals surface area contributed by atoms with Gasteiger partial charge in [-0.2, -0.15) is 0 Å². The Morgan fingerprint density at radius 2 is 0.935 bits per heavy atom. The van der Waals surface area contributed by atoms with E-state index in [1.165, 1.54) is 0 Å². The lowest BCUT2D eigenvalue weighted by molar-refractivity contribution is -0.356. The van der Waals surface area contributed by atoms with E-state index in [0.29, 0.717) is 0 Å². The second kappa shape index (κ2) is 15.4. The van der Waals surface area contributed by atoms with Crippen molar-refractivity contribution < 1.29 is 104 Å². The number of rotatable bonds is 9. The maximum absolute atomic E-state index is 11.0. The average molecular weight is 679 g/mol. The smallest absolute Gasteiger partial charge is 0.187 e. The zero-order valence-electron chi connectivity index (χ0n) is 24.1. The summed E-state index contributed by atoms with van der Waals surface area (Å²) in [5.41, 5.74) is 0. The van der Waals surface area contributed by atoms with Crippen molar-refractivity contribution in [1.82, 2.24) is 0 Å². The van der Waals surface area contributed by atoms with Gasteiger partial charge in [-0.3, -0.25) is 0 Å². The molecule has 0 aliphatic carbocycles. The van der Waals surface area contributed by atoms with Gasteiger partial charge < -0.3 is 104 Å². The van der Waals surface area contributed by atoms with E-state index in [2.05, 4.69) is 0 Å². The highest BCUT2D eigenvalue weighted by Gasteiger charge is 2.53. The largest absolute Gasteiger partial charge is 0.394 e. The van der Waals surface area contributed by atoms with Gasteiger partial charge in [-0.15, -0.1) is 0 Å². The molecule has 5 fully saturated rings. The lowest BCUT2D eigenvalue weighted by Gasteiger charge is -2.44. The lowest BCUT2D eigenvalue weighted by atomic mass is 10.0. The molecule has 12 N–H and O–H groups in total. The number of aliphatic hydroxyl groups excluding tert-OH is 12. The summed E-state index contributed by atoms with van der Waals surface area (Å²) in [6.45, 7) is -2.39. The molecule has 5 aliphatic rings. The topological polar surface area (TPSA) is 326 Å². The highest BCUT2D eigenvalue weighted by atomic mass is 16.8. The Labute approximate surface area is 260 Å². The first-order valence-corrected chi connectivity index (χ1v) is 14.7. The van der Waals surface area contributed by atoms with Crippen LogP contribution in [0.15, 0.2) is 0 Å². The van der Waals surface area contributed by atoms with Crippen LogP contribution >= 0.6 is 0 Å². The average Bonchev–Trinajstić information content (AvgIpc) is 3.33. The summed E-state index contributed by atoms with van der Waals surface area (Å²) in [6, 6.07) is 0. The molecule has 46 heavy (non-hydrogen) atoms. The number of ether oxygens (including phenoxy) is 9. The van der Waals surface area contributed by atoms with Crippen molar-refractivity contribution in [2.24, 2.45) is 0 Å². The highest BCUT2D eigenvalue weighted by molar-refractivity contribution is 4.94. The fourth-order valence-corrected chi connectivity index (χ4v) is 5.63. The van der Waals surface area contributed by atoms with Gasteiger partial charge in [0.2, 0.25) is 0 Å². The maximum Gasteiger partial charge on any atom is 0.187 e. The Morgan fingerprint density at radius 1 is 0.435 bits per heavy atom. The minimum absolute atomic E-state index is 0.361. The van der Waals surface area contributed by atoms with Crippen LogP contribution in [0.1, 0.15) is 0 Å². The van der Waals surface area contributed by atoms with Gasteiger partial charge in [-0.25, -0.2) is 0 Å². The van der Waals surface area contributed by atoms with E-state index in [0.717, 1.165) is 0 Å². The van der Waals surface area contributed by atoms with E-state index in [4.69, 9.17) is 42.6 Å². The standard InChI is InChI=1S/C25H42O21/c26-1-8-14(32)20(46-23-16(34)11(29)6(27)2-39-23)25(42-8)45-19-7(28)3-40-24(18(19)36)44-10-5-41-22(17(35)13(10)31)43-9-4-38-21(37)15(33)12(9)30/h6-37H,1-5H2/t6-,7-,8+,9-,10-,11+,12+,13+,14+,15-,16-,17-,18-,19+,20-,21?,22+,23+,24?,25+/m1/s1. The molecular weight excluding hydrogens is 636 g/mol. The van der Waals surface area contributed by atoms with Crippen molar-refractivity contribution in [2.75, 3.05) is 33.0 Å². The first-order valence-electron chi connectivity index (χ1n) is 14.7. The van der Waals surface area contributed by atoms with Gasteiger partial charge in [0.05, 0.1) is 33.0 Å². The molecule has 0 amide bonds. The number of aliphatic hydroxyl groups is 12. The van der Waals surface area contributed by atoms with Gasteiger partial charge in [0.25, 0.3) is 0 Å². The van der Waals surface area contributed by atoms with Gasteiger partial charge >= 0.3 is 0 Å². The minimum Gasteiger partial charge on any atom is -0.394 e. The van der Waals surface area contributed by atoms with Crippen LogP contribution in [0.3, 0.4) is 0 Å².